The molecule has 0 spiro atoms. The van der Waals surface area contributed by atoms with Gasteiger partial charge in [-0.15, -0.1) is 0 Å². The van der Waals surface area contributed by atoms with E-state index >= 15 is 0 Å². The Morgan fingerprint density at radius 2 is 2.00 bits per heavy atom. The molecule has 0 bridgehead atoms. The lowest BCUT2D eigenvalue weighted by molar-refractivity contribution is -0.129. The lowest BCUT2D eigenvalue weighted by Gasteiger charge is -2.28. The van der Waals surface area contributed by atoms with Crippen LogP contribution in [-0.4, -0.2) is 17.4 Å². The van der Waals surface area contributed by atoms with Crippen molar-refractivity contribution in [3.05, 3.63) is 47.7 Å². The van der Waals surface area contributed by atoms with Gasteiger partial charge in [-0.1, -0.05) is 30.3 Å². The highest BCUT2D eigenvalue weighted by Gasteiger charge is 2.38. The van der Waals surface area contributed by atoms with Gasteiger partial charge in [-0.3, -0.25) is 4.79 Å². The highest BCUT2D eigenvalue weighted by Crippen LogP contribution is 2.41. The molecule has 4 rings (SSSR count). The molecule has 2 aromatic rings. The van der Waals surface area contributed by atoms with Crippen LogP contribution in [0, 0.1) is 0 Å². The molecule has 0 radical (unpaired) electrons. The number of nitrogens with zero attached hydrogens (tertiary/aromatic N) is 1. The average Bonchev–Trinajstić information content (AvgIpc) is 3.03. The van der Waals surface area contributed by atoms with E-state index in [1.807, 2.05) is 23.1 Å². The van der Waals surface area contributed by atoms with Gasteiger partial charge in [0.1, 0.15) is 11.5 Å². The molecule has 0 aliphatic carbocycles. The van der Waals surface area contributed by atoms with Crippen LogP contribution in [0.1, 0.15) is 30.2 Å². The Balaban J connectivity index is 1.77. The van der Waals surface area contributed by atoms with Gasteiger partial charge in [0, 0.05) is 30.5 Å². The summed E-state index contributed by atoms with van der Waals surface area (Å²) in [5, 5.41) is 0. The van der Waals surface area contributed by atoms with E-state index in [4.69, 9.17) is 4.42 Å². The molecule has 3 heterocycles. The third-order valence-electron chi connectivity index (χ3n) is 4.17. The van der Waals surface area contributed by atoms with E-state index in [1.54, 1.807) is 0 Å². The maximum atomic E-state index is 11.8. The maximum Gasteiger partial charge on any atom is 0.223 e. The number of rotatable bonds is 1. The molecule has 3 heteroatoms. The predicted molar refractivity (Wildman–Crippen MR) is 71.5 cm³/mol. The summed E-state index contributed by atoms with van der Waals surface area (Å²) in [6.45, 7) is 0.804. The summed E-state index contributed by atoms with van der Waals surface area (Å²) in [6.07, 6.45) is 2.44. The van der Waals surface area contributed by atoms with E-state index < -0.39 is 0 Å². The van der Waals surface area contributed by atoms with Crippen molar-refractivity contribution in [1.29, 1.82) is 0 Å². The molecule has 2 aliphatic heterocycles. The summed E-state index contributed by atoms with van der Waals surface area (Å²) in [6, 6.07) is 12.5. The summed E-state index contributed by atoms with van der Waals surface area (Å²) >= 11 is 0. The number of amides is 1. The van der Waals surface area contributed by atoms with Crippen molar-refractivity contribution in [2.75, 3.05) is 6.54 Å². The monoisotopic (exact) mass is 253 g/mol. The number of hydrogen-bond donors (Lipinski definition) is 0. The molecule has 1 atom stereocenters. The van der Waals surface area contributed by atoms with Crippen LogP contribution in [0.4, 0.5) is 0 Å². The van der Waals surface area contributed by atoms with Crippen LogP contribution >= 0.6 is 0 Å². The molecule has 19 heavy (non-hydrogen) atoms. The Morgan fingerprint density at radius 1 is 1.16 bits per heavy atom. The summed E-state index contributed by atoms with van der Waals surface area (Å²) in [5.74, 6) is 2.28. The number of benzene rings is 1. The van der Waals surface area contributed by atoms with Gasteiger partial charge in [-0.2, -0.15) is 0 Å². The van der Waals surface area contributed by atoms with Gasteiger partial charge >= 0.3 is 0 Å². The molecule has 1 amide bonds. The second kappa shape index (κ2) is 3.98. The first kappa shape index (κ1) is 10.9. The molecule has 3 nitrogen and oxygen atoms in total. The molecule has 1 aromatic carbocycles. The van der Waals surface area contributed by atoms with Crippen LogP contribution in [0.3, 0.4) is 0 Å². The normalized spacial score (nSPS) is 21.4. The van der Waals surface area contributed by atoms with Gasteiger partial charge in [0.05, 0.1) is 6.04 Å². The summed E-state index contributed by atoms with van der Waals surface area (Å²) in [4.78, 5) is 13.8. The van der Waals surface area contributed by atoms with Crippen LogP contribution in [-0.2, 0) is 11.2 Å². The zero-order chi connectivity index (χ0) is 12.8. The zero-order valence-electron chi connectivity index (χ0n) is 10.6. The highest BCUT2D eigenvalue weighted by atomic mass is 16.3. The van der Waals surface area contributed by atoms with Crippen LogP contribution in [0.25, 0.3) is 11.3 Å². The third kappa shape index (κ3) is 1.61. The molecule has 1 saturated heterocycles. The van der Waals surface area contributed by atoms with E-state index in [9.17, 15) is 4.79 Å². The first-order valence-electron chi connectivity index (χ1n) is 6.80. The third-order valence-corrected chi connectivity index (χ3v) is 4.17. The SMILES string of the molecule is O=C1CCC2c3cc(-c4ccccc4)oc3CCN12. The van der Waals surface area contributed by atoms with Crippen molar-refractivity contribution in [3.8, 4) is 11.3 Å². The number of fused-ring (bicyclic) bond motifs is 3. The minimum atomic E-state index is 0.248. The van der Waals surface area contributed by atoms with Crippen LogP contribution in [0.15, 0.2) is 40.8 Å². The first-order chi connectivity index (χ1) is 9.33. The molecule has 96 valence electrons. The lowest BCUT2D eigenvalue weighted by atomic mass is 9.99. The second-order valence-electron chi connectivity index (χ2n) is 5.25. The maximum absolute atomic E-state index is 11.8. The van der Waals surface area contributed by atoms with E-state index in [0.29, 0.717) is 6.42 Å². The first-order valence-corrected chi connectivity index (χ1v) is 6.80. The van der Waals surface area contributed by atoms with Crippen molar-refractivity contribution >= 4 is 5.91 Å². The van der Waals surface area contributed by atoms with Gasteiger partial charge in [-0.25, -0.2) is 0 Å². The van der Waals surface area contributed by atoms with Gasteiger partial charge < -0.3 is 9.32 Å². The molecule has 0 N–H and O–H groups in total. The predicted octanol–water partition coefficient (Wildman–Crippen LogP) is 3.17. The van der Waals surface area contributed by atoms with Crippen LogP contribution in [0.5, 0.6) is 0 Å². The average molecular weight is 253 g/mol. The van der Waals surface area contributed by atoms with Crippen molar-refractivity contribution < 1.29 is 9.21 Å². The minimum absolute atomic E-state index is 0.248. The topological polar surface area (TPSA) is 33.5 Å². The largest absolute Gasteiger partial charge is 0.461 e. The van der Waals surface area contributed by atoms with E-state index in [1.165, 1.54) is 5.56 Å². The van der Waals surface area contributed by atoms with Crippen molar-refractivity contribution in [1.82, 2.24) is 4.90 Å². The number of hydrogen-bond acceptors (Lipinski definition) is 2. The molecule has 1 aromatic heterocycles. The van der Waals surface area contributed by atoms with Crippen LogP contribution in [0.2, 0.25) is 0 Å². The fraction of sp³-hybridized carbons (Fsp3) is 0.312. The smallest absolute Gasteiger partial charge is 0.223 e. The van der Waals surface area contributed by atoms with E-state index in [0.717, 1.165) is 36.5 Å². The Hall–Kier alpha value is -2.03. The Morgan fingerprint density at radius 3 is 2.84 bits per heavy atom. The Labute approximate surface area is 111 Å². The summed E-state index contributed by atoms with van der Waals surface area (Å²) in [5.41, 5.74) is 2.32. The molecule has 1 unspecified atom stereocenters. The zero-order valence-corrected chi connectivity index (χ0v) is 10.6. The van der Waals surface area contributed by atoms with Gasteiger partial charge in [0.25, 0.3) is 0 Å². The van der Waals surface area contributed by atoms with E-state index in [2.05, 4.69) is 18.2 Å². The minimum Gasteiger partial charge on any atom is -0.461 e. The molecule has 2 aliphatic rings. The van der Waals surface area contributed by atoms with Gasteiger partial charge in [-0.05, 0) is 12.5 Å². The highest BCUT2D eigenvalue weighted by molar-refractivity contribution is 5.79. The van der Waals surface area contributed by atoms with Crippen molar-refractivity contribution in [3.63, 3.8) is 0 Å². The number of carbonyl (C=O) groups excluding carboxylic acids is 1. The molecular formula is C16H15NO2. The Kier molecular flexibility index (Phi) is 2.28. The second-order valence-corrected chi connectivity index (χ2v) is 5.25. The molecule has 1 fully saturated rings. The van der Waals surface area contributed by atoms with Gasteiger partial charge in [0.15, 0.2) is 0 Å². The number of carbonyl (C=O) groups is 1. The fourth-order valence-corrected chi connectivity index (χ4v) is 3.22. The quantitative estimate of drug-likeness (QED) is 0.782. The molecule has 0 saturated carbocycles. The fourth-order valence-electron chi connectivity index (χ4n) is 3.22. The van der Waals surface area contributed by atoms with Crippen LogP contribution < -0.4 is 0 Å². The molecular weight excluding hydrogens is 238 g/mol. The van der Waals surface area contributed by atoms with E-state index in [-0.39, 0.29) is 11.9 Å². The Bertz CT molecular complexity index is 629. The summed E-state index contributed by atoms with van der Waals surface area (Å²) in [7, 11) is 0. The lowest BCUT2D eigenvalue weighted by Crippen LogP contribution is -2.33. The summed E-state index contributed by atoms with van der Waals surface area (Å²) < 4.78 is 6.00. The van der Waals surface area contributed by atoms with Crippen molar-refractivity contribution in [2.24, 2.45) is 0 Å². The standard InChI is InChI=1S/C16H15NO2/c18-16-7-6-13-12-10-15(11-4-2-1-3-5-11)19-14(12)8-9-17(13)16/h1-5,10,13H,6-9H2. The van der Waals surface area contributed by atoms with Crippen molar-refractivity contribution in [2.45, 2.75) is 25.3 Å². The number of furan rings is 1. The van der Waals surface area contributed by atoms with Gasteiger partial charge in [0.2, 0.25) is 5.91 Å².